The summed E-state index contributed by atoms with van der Waals surface area (Å²) in [5.74, 6) is -11.8. The zero-order valence-corrected chi connectivity index (χ0v) is 10.5. The maximum absolute atomic E-state index is 13.5. The van der Waals surface area contributed by atoms with Crippen molar-refractivity contribution >= 4 is 0 Å². The molecule has 1 atom stereocenters. The molecule has 0 aliphatic carbocycles. The van der Waals surface area contributed by atoms with E-state index < -0.39 is 40.9 Å². The number of hydrogen-bond donors (Lipinski definition) is 1. The van der Waals surface area contributed by atoms with Crippen LogP contribution in [-0.2, 0) is 0 Å². The molecule has 0 fully saturated rings. The summed E-state index contributed by atoms with van der Waals surface area (Å²) >= 11 is 0. The molecular weight excluding hydrogens is 293 g/mol. The Morgan fingerprint density at radius 2 is 1.29 bits per heavy atom. The third-order valence-electron chi connectivity index (χ3n) is 2.82. The van der Waals surface area contributed by atoms with E-state index in [0.29, 0.717) is 5.56 Å². The highest BCUT2D eigenvalue weighted by Crippen LogP contribution is 2.32. The van der Waals surface area contributed by atoms with Crippen LogP contribution in [0.5, 0.6) is 5.75 Å². The third kappa shape index (κ3) is 2.82. The van der Waals surface area contributed by atoms with Gasteiger partial charge in [-0.3, -0.25) is 0 Å². The smallest absolute Gasteiger partial charge is 0.207 e. The topological polar surface area (TPSA) is 35.2 Å². The molecule has 0 saturated carbocycles. The number of benzene rings is 2. The van der Waals surface area contributed by atoms with E-state index in [1.54, 1.807) is 30.3 Å². The van der Waals surface area contributed by atoms with Crippen molar-refractivity contribution in [3.8, 4) is 5.75 Å². The molecule has 0 bridgehead atoms. The van der Waals surface area contributed by atoms with Gasteiger partial charge in [0.05, 0.1) is 0 Å². The first-order valence-corrected chi connectivity index (χ1v) is 5.90. The van der Waals surface area contributed by atoms with E-state index >= 15 is 0 Å². The van der Waals surface area contributed by atoms with Gasteiger partial charge in [0.2, 0.25) is 29.1 Å². The van der Waals surface area contributed by atoms with Gasteiger partial charge in [0.15, 0.2) is 5.75 Å². The van der Waals surface area contributed by atoms with Crippen LogP contribution in [0.25, 0.3) is 0 Å². The molecule has 0 saturated heterocycles. The zero-order chi connectivity index (χ0) is 15.6. The molecule has 2 N–H and O–H groups in total. The predicted molar refractivity (Wildman–Crippen MR) is 65.1 cm³/mol. The lowest BCUT2D eigenvalue weighted by Crippen LogP contribution is -2.20. The van der Waals surface area contributed by atoms with Gasteiger partial charge in [0.1, 0.15) is 6.10 Å². The highest BCUT2D eigenvalue weighted by Gasteiger charge is 2.28. The van der Waals surface area contributed by atoms with E-state index in [9.17, 15) is 22.0 Å². The van der Waals surface area contributed by atoms with E-state index in [1.807, 2.05) is 0 Å². The Balaban J connectivity index is 2.43. The lowest BCUT2D eigenvalue weighted by atomic mass is 10.1. The van der Waals surface area contributed by atoms with Crippen LogP contribution in [0.3, 0.4) is 0 Å². The van der Waals surface area contributed by atoms with Crippen molar-refractivity contribution in [2.45, 2.75) is 6.10 Å². The van der Waals surface area contributed by atoms with Crippen LogP contribution in [0, 0.1) is 29.1 Å². The molecule has 2 nitrogen and oxygen atoms in total. The van der Waals surface area contributed by atoms with Gasteiger partial charge in [-0.15, -0.1) is 0 Å². The summed E-state index contributed by atoms with van der Waals surface area (Å²) in [6, 6.07) is 8.06. The minimum Gasteiger partial charge on any atom is -0.478 e. The Bertz CT molecular complexity index is 619. The highest BCUT2D eigenvalue weighted by molar-refractivity contribution is 5.31. The van der Waals surface area contributed by atoms with Crippen LogP contribution in [0.15, 0.2) is 30.3 Å². The van der Waals surface area contributed by atoms with Crippen LogP contribution in [0.1, 0.15) is 11.7 Å². The first kappa shape index (κ1) is 15.2. The summed E-state index contributed by atoms with van der Waals surface area (Å²) in [4.78, 5) is 0. The average molecular weight is 303 g/mol. The number of halogens is 5. The van der Waals surface area contributed by atoms with Crippen molar-refractivity contribution in [2.75, 3.05) is 6.54 Å². The van der Waals surface area contributed by atoms with Gasteiger partial charge in [-0.05, 0) is 5.56 Å². The number of nitrogens with two attached hydrogens (primary N) is 1. The third-order valence-corrected chi connectivity index (χ3v) is 2.82. The molecule has 0 radical (unpaired) electrons. The Morgan fingerprint density at radius 1 is 0.810 bits per heavy atom. The minimum absolute atomic E-state index is 0.205. The highest BCUT2D eigenvalue weighted by atomic mass is 19.2. The fourth-order valence-corrected chi connectivity index (χ4v) is 1.75. The van der Waals surface area contributed by atoms with Gasteiger partial charge in [0, 0.05) is 6.54 Å². The fourth-order valence-electron chi connectivity index (χ4n) is 1.75. The molecule has 0 aromatic heterocycles. The van der Waals surface area contributed by atoms with Gasteiger partial charge in [-0.2, -0.15) is 8.78 Å². The van der Waals surface area contributed by atoms with Crippen molar-refractivity contribution in [1.29, 1.82) is 0 Å². The quantitative estimate of drug-likeness (QED) is 0.533. The van der Waals surface area contributed by atoms with Gasteiger partial charge in [-0.25, -0.2) is 13.2 Å². The Hall–Kier alpha value is -2.15. The lowest BCUT2D eigenvalue weighted by Gasteiger charge is -2.19. The minimum atomic E-state index is -2.23. The van der Waals surface area contributed by atoms with Crippen molar-refractivity contribution < 1.29 is 26.7 Å². The second kappa shape index (κ2) is 6.09. The summed E-state index contributed by atoms with van der Waals surface area (Å²) in [5, 5.41) is 0. The Labute approximate surface area is 116 Å². The second-order valence-electron chi connectivity index (χ2n) is 4.15. The molecule has 2 aromatic rings. The average Bonchev–Trinajstić information content (AvgIpc) is 2.52. The van der Waals surface area contributed by atoms with Crippen molar-refractivity contribution in [3.63, 3.8) is 0 Å². The first-order chi connectivity index (χ1) is 9.97. The molecule has 0 aliphatic heterocycles. The standard InChI is InChI=1S/C14H10F5NO/c15-9-10(16)12(18)14(13(19)11(9)17)21-8(6-20)7-4-2-1-3-5-7/h1-5,8H,6,20H2. The molecule has 21 heavy (non-hydrogen) atoms. The van der Waals surface area contributed by atoms with Crippen molar-refractivity contribution in [1.82, 2.24) is 0 Å². The summed E-state index contributed by atoms with van der Waals surface area (Å²) in [7, 11) is 0. The second-order valence-corrected chi connectivity index (χ2v) is 4.15. The maximum Gasteiger partial charge on any atom is 0.207 e. The van der Waals surface area contributed by atoms with Crippen LogP contribution >= 0.6 is 0 Å². The first-order valence-electron chi connectivity index (χ1n) is 5.90. The summed E-state index contributed by atoms with van der Waals surface area (Å²) < 4.78 is 71.1. The summed E-state index contributed by atoms with van der Waals surface area (Å²) in [6.45, 7) is -0.205. The molecule has 2 aromatic carbocycles. The number of rotatable bonds is 4. The molecule has 7 heteroatoms. The lowest BCUT2D eigenvalue weighted by molar-refractivity contribution is 0.185. The summed E-state index contributed by atoms with van der Waals surface area (Å²) in [5.41, 5.74) is 5.88. The molecule has 1 unspecified atom stereocenters. The zero-order valence-electron chi connectivity index (χ0n) is 10.5. The molecule has 0 aliphatic rings. The van der Waals surface area contributed by atoms with E-state index in [1.165, 1.54) is 0 Å². The predicted octanol–water partition coefficient (Wildman–Crippen LogP) is 3.46. The van der Waals surface area contributed by atoms with Gasteiger partial charge in [0.25, 0.3) is 0 Å². The van der Waals surface area contributed by atoms with Gasteiger partial charge >= 0.3 is 0 Å². The van der Waals surface area contributed by atoms with Crippen LogP contribution in [-0.4, -0.2) is 6.54 Å². The molecular formula is C14H10F5NO. The maximum atomic E-state index is 13.5. The molecule has 112 valence electrons. The summed E-state index contributed by atoms with van der Waals surface area (Å²) in [6.07, 6.45) is -1.04. The van der Waals surface area contributed by atoms with Gasteiger partial charge in [-0.1, -0.05) is 30.3 Å². The van der Waals surface area contributed by atoms with E-state index in [0.717, 1.165) is 0 Å². The van der Waals surface area contributed by atoms with Crippen molar-refractivity contribution in [3.05, 3.63) is 65.0 Å². The van der Waals surface area contributed by atoms with E-state index in [4.69, 9.17) is 10.5 Å². The number of hydrogen-bond acceptors (Lipinski definition) is 2. The molecule has 0 spiro atoms. The number of ether oxygens (including phenoxy) is 1. The van der Waals surface area contributed by atoms with E-state index in [-0.39, 0.29) is 6.54 Å². The van der Waals surface area contributed by atoms with E-state index in [2.05, 4.69) is 0 Å². The normalized spacial score (nSPS) is 12.3. The SMILES string of the molecule is NCC(Oc1c(F)c(F)c(F)c(F)c1F)c1ccccc1. The molecule has 0 heterocycles. The van der Waals surface area contributed by atoms with Crippen molar-refractivity contribution in [2.24, 2.45) is 5.73 Å². The Kier molecular flexibility index (Phi) is 4.42. The largest absolute Gasteiger partial charge is 0.478 e. The molecule has 2 rings (SSSR count). The Morgan fingerprint density at radius 3 is 1.76 bits per heavy atom. The van der Waals surface area contributed by atoms with Gasteiger partial charge < -0.3 is 10.5 Å². The fraction of sp³-hybridized carbons (Fsp3) is 0.143. The monoisotopic (exact) mass is 303 g/mol. The van der Waals surface area contributed by atoms with Crippen LogP contribution < -0.4 is 10.5 Å². The van der Waals surface area contributed by atoms with Crippen LogP contribution in [0.4, 0.5) is 22.0 Å². The van der Waals surface area contributed by atoms with Crippen LogP contribution in [0.2, 0.25) is 0 Å². The molecule has 0 amide bonds.